The van der Waals surface area contributed by atoms with Crippen LogP contribution in [-0.2, 0) is 9.47 Å². The number of aromatic nitrogens is 1. The quantitative estimate of drug-likeness (QED) is 0.521. The van der Waals surface area contributed by atoms with E-state index in [1.807, 2.05) is 6.07 Å². The second-order valence-corrected chi connectivity index (χ2v) is 8.49. The van der Waals surface area contributed by atoms with Crippen molar-refractivity contribution in [2.75, 3.05) is 57.7 Å². The van der Waals surface area contributed by atoms with Gasteiger partial charge in [0.25, 0.3) is 5.91 Å². The number of carbonyl (C=O) groups excluding carboxylic acids is 1. The largest absolute Gasteiger partial charge is 0.476 e. The van der Waals surface area contributed by atoms with E-state index in [4.69, 9.17) is 14.2 Å². The molecule has 2 saturated heterocycles. The van der Waals surface area contributed by atoms with Crippen LogP contribution in [0, 0.1) is 11.8 Å². The van der Waals surface area contributed by atoms with Gasteiger partial charge in [-0.2, -0.15) is 0 Å². The van der Waals surface area contributed by atoms with Crippen LogP contribution in [0.4, 0.5) is 10.1 Å². The van der Waals surface area contributed by atoms with E-state index in [1.165, 1.54) is 0 Å². The number of hydrogen-bond donors (Lipinski definition) is 1. The van der Waals surface area contributed by atoms with E-state index in [2.05, 4.69) is 29.0 Å². The molecular weight excluding hydrogens is 389 g/mol. The van der Waals surface area contributed by atoms with Crippen LogP contribution >= 0.6 is 0 Å². The molecule has 1 atom stereocenters. The molecule has 3 heterocycles. The first kappa shape index (κ1) is 22.7. The number of hydrogen-bond acceptors (Lipinski definition) is 6. The number of ether oxygens (including phenoxy) is 3. The minimum absolute atomic E-state index is 0.0378. The summed E-state index contributed by atoms with van der Waals surface area (Å²) < 4.78 is 28.9. The second kappa shape index (κ2) is 11.5. The third kappa shape index (κ3) is 6.54. The highest BCUT2D eigenvalue weighted by atomic mass is 19.1. The maximum Gasteiger partial charge on any atom is 0.270 e. The maximum absolute atomic E-state index is 12.9. The summed E-state index contributed by atoms with van der Waals surface area (Å²) in [5.74, 6) is 0.983. The zero-order chi connectivity index (χ0) is 21.3. The lowest BCUT2D eigenvalue weighted by atomic mass is 10.0. The molecule has 7 nitrogen and oxygen atoms in total. The van der Waals surface area contributed by atoms with Gasteiger partial charge in [-0.15, -0.1) is 0 Å². The molecule has 0 saturated carbocycles. The summed E-state index contributed by atoms with van der Waals surface area (Å²) in [4.78, 5) is 19.7. The average Bonchev–Trinajstić information content (AvgIpc) is 3.21. The summed E-state index contributed by atoms with van der Waals surface area (Å²) in [5, 5.41) is 2.99. The summed E-state index contributed by atoms with van der Waals surface area (Å²) in [5.41, 5.74) is 1.26. The Morgan fingerprint density at radius 1 is 1.33 bits per heavy atom. The number of pyridine rings is 1. The third-order valence-corrected chi connectivity index (χ3v) is 5.31. The minimum Gasteiger partial charge on any atom is -0.476 e. The van der Waals surface area contributed by atoms with Gasteiger partial charge in [0.1, 0.15) is 12.4 Å². The molecule has 0 aromatic carbocycles. The van der Waals surface area contributed by atoms with Crippen LogP contribution in [0.15, 0.2) is 12.1 Å². The Morgan fingerprint density at radius 2 is 2.10 bits per heavy atom. The van der Waals surface area contributed by atoms with Gasteiger partial charge in [-0.1, -0.05) is 13.8 Å². The van der Waals surface area contributed by atoms with Gasteiger partial charge in [-0.3, -0.25) is 4.79 Å². The first-order valence-corrected chi connectivity index (χ1v) is 11.0. The summed E-state index contributed by atoms with van der Waals surface area (Å²) in [6.07, 6.45) is 3.04. The Kier molecular flexibility index (Phi) is 8.69. The third-order valence-electron chi connectivity index (χ3n) is 5.31. The molecule has 2 aliphatic heterocycles. The molecular formula is C22H34FN3O4. The van der Waals surface area contributed by atoms with Crippen LogP contribution in [0.5, 0.6) is 5.88 Å². The van der Waals surface area contributed by atoms with Gasteiger partial charge in [0.05, 0.1) is 44.8 Å². The molecule has 0 bridgehead atoms. The predicted molar refractivity (Wildman–Crippen MR) is 113 cm³/mol. The van der Waals surface area contributed by atoms with Crippen LogP contribution < -0.4 is 15.0 Å². The van der Waals surface area contributed by atoms with Gasteiger partial charge in [0.2, 0.25) is 5.88 Å². The maximum atomic E-state index is 12.9. The van der Waals surface area contributed by atoms with Gasteiger partial charge < -0.3 is 24.4 Å². The predicted octanol–water partition coefficient (Wildman–Crippen LogP) is 2.84. The van der Waals surface area contributed by atoms with Gasteiger partial charge in [0, 0.05) is 19.0 Å². The Bertz CT molecular complexity index is 678. The smallest absolute Gasteiger partial charge is 0.270 e. The van der Waals surface area contributed by atoms with Crippen molar-refractivity contribution in [3.8, 4) is 5.88 Å². The van der Waals surface area contributed by atoms with Gasteiger partial charge in [-0.25, -0.2) is 9.37 Å². The molecule has 1 aromatic rings. The van der Waals surface area contributed by atoms with Crippen molar-refractivity contribution in [1.29, 1.82) is 0 Å². The summed E-state index contributed by atoms with van der Waals surface area (Å²) in [6.45, 7) is 7.82. The SMILES string of the molecule is CC(C)CC(COCCF)NC(=O)c1ccc(N2CCCC2)c(OCC2COC2)n1. The number of halogens is 1. The second-order valence-electron chi connectivity index (χ2n) is 8.49. The lowest BCUT2D eigenvalue weighted by Crippen LogP contribution is -2.40. The molecule has 2 aliphatic rings. The van der Waals surface area contributed by atoms with Crippen LogP contribution in [0.2, 0.25) is 0 Å². The summed E-state index contributed by atoms with van der Waals surface area (Å²) in [7, 11) is 0. The molecule has 8 heteroatoms. The van der Waals surface area contributed by atoms with Gasteiger partial charge >= 0.3 is 0 Å². The first-order valence-electron chi connectivity index (χ1n) is 11.0. The van der Waals surface area contributed by atoms with E-state index in [1.54, 1.807) is 6.07 Å². The molecule has 30 heavy (non-hydrogen) atoms. The number of amides is 1. The first-order chi connectivity index (χ1) is 14.6. The van der Waals surface area contributed by atoms with Crippen molar-refractivity contribution in [3.05, 3.63) is 17.8 Å². The molecule has 1 amide bonds. The van der Waals surface area contributed by atoms with Crippen molar-refractivity contribution in [2.45, 2.75) is 39.2 Å². The van der Waals surface area contributed by atoms with Crippen molar-refractivity contribution in [1.82, 2.24) is 10.3 Å². The van der Waals surface area contributed by atoms with Crippen LogP contribution in [0.25, 0.3) is 0 Å². The molecule has 1 unspecified atom stereocenters. The average molecular weight is 424 g/mol. The molecule has 168 valence electrons. The molecule has 2 fully saturated rings. The molecule has 0 spiro atoms. The van der Waals surface area contributed by atoms with Crippen LogP contribution in [0.3, 0.4) is 0 Å². The lowest BCUT2D eigenvalue weighted by molar-refractivity contribution is -0.0513. The van der Waals surface area contributed by atoms with E-state index in [0.29, 0.717) is 43.2 Å². The van der Waals surface area contributed by atoms with Crippen molar-refractivity contribution in [3.63, 3.8) is 0 Å². The minimum atomic E-state index is -0.533. The fraction of sp³-hybridized carbons (Fsp3) is 0.727. The van der Waals surface area contributed by atoms with E-state index < -0.39 is 6.67 Å². The van der Waals surface area contributed by atoms with E-state index in [0.717, 1.165) is 38.0 Å². The summed E-state index contributed by atoms with van der Waals surface area (Å²) in [6, 6.07) is 3.48. The zero-order valence-electron chi connectivity index (χ0n) is 18.1. The topological polar surface area (TPSA) is 72.9 Å². The Labute approximate surface area is 178 Å². The van der Waals surface area contributed by atoms with E-state index in [-0.39, 0.29) is 25.2 Å². The molecule has 0 aliphatic carbocycles. The number of carbonyl (C=O) groups is 1. The van der Waals surface area contributed by atoms with Crippen LogP contribution in [0.1, 0.15) is 43.6 Å². The fourth-order valence-electron chi connectivity index (χ4n) is 3.72. The standard InChI is InChI=1S/C22H34FN3O4/c1-16(2)11-18(15-28-10-7-23)24-21(27)19-5-6-20(26-8-3-4-9-26)22(25-19)30-14-17-12-29-13-17/h5-6,16-18H,3-4,7-15H2,1-2H3,(H,24,27). The Balaban J connectivity index is 1.69. The summed E-state index contributed by atoms with van der Waals surface area (Å²) >= 11 is 0. The highest BCUT2D eigenvalue weighted by molar-refractivity contribution is 5.93. The lowest BCUT2D eigenvalue weighted by Gasteiger charge is -2.27. The van der Waals surface area contributed by atoms with Gasteiger partial charge in [0.15, 0.2) is 0 Å². The van der Waals surface area contributed by atoms with Crippen molar-refractivity contribution >= 4 is 11.6 Å². The monoisotopic (exact) mass is 423 g/mol. The highest BCUT2D eigenvalue weighted by Gasteiger charge is 2.24. The van der Waals surface area contributed by atoms with Crippen molar-refractivity contribution < 1.29 is 23.4 Å². The van der Waals surface area contributed by atoms with Crippen molar-refractivity contribution in [2.24, 2.45) is 11.8 Å². The number of nitrogens with zero attached hydrogens (tertiary/aromatic N) is 2. The number of anilines is 1. The van der Waals surface area contributed by atoms with E-state index in [9.17, 15) is 9.18 Å². The number of alkyl halides is 1. The molecule has 1 aromatic heterocycles. The number of rotatable bonds is 12. The van der Waals surface area contributed by atoms with Gasteiger partial charge in [-0.05, 0) is 37.3 Å². The van der Waals surface area contributed by atoms with Crippen LogP contribution in [-0.4, -0.2) is 69.7 Å². The Morgan fingerprint density at radius 3 is 2.73 bits per heavy atom. The Hall–Kier alpha value is -1.93. The highest BCUT2D eigenvalue weighted by Crippen LogP contribution is 2.30. The fourth-order valence-corrected chi connectivity index (χ4v) is 3.72. The van der Waals surface area contributed by atoms with E-state index >= 15 is 0 Å². The molecule has 0 radical (unpaired) electrons. The zero-order valence-corrected chi connectivity index (χ0v) is 18.1. The molecule has 1 N–H and O–H groups in total. The normalized spacial score (nSPS) is 17.8. The number of nitrogens with one attached hydrogen (secondary N) is 1. The molecule has 3 rings (SSSR count).